The Balaban J connectivity index is 1.47. The van der Waals surface area contributed by atoms with Gasteiger partial charge in [-0.15, -0.1) is 0 Å². The number of pyridine rings is 1. The molecule has 2 N–H and O–H groups in total. The Morgan fingerprint density at radius 2 is 2.00 bits per heavy atom. The van der Waals surface area contributed by atoms with Crippen molar-refractivity contribution < 1.29 is 4.79 Å². The maximum Gasteiger partial charge on any atom is 0.222 e. The van der Waals surface area contributed by atoms with Crippen LogP contribution < -0.4 is 0 Å². The lowest BCUT2D eigenvalue weighted by Crippen LogP contribution is -2.37. The van der Waals surface area contributed by atoms with Crippen LogP contribution in [-0.4, -0.2) is 44.1 Å². The Labute approximate surface area is 182 Å². The normalized spacial score (nSPS) is 15.2. The molecule has 1 fully saturated rings. The molecule has 31 heavy (non-hydrogen) atoms. The molecular formula is C25H29N5O. The molecule has 0 saturated carbocycles. The summed E-state index contributed by atoms with van der Waals surface area (Å²) in [6, 6.07) is 8.91. The number of H-pyrrole nitrogens is 2. The number of rotatable bonds is 5. The second-order valence-electron chi connectivity index (χ2n) is 8.53. The third kappa shape index (κ3) is 3.50. The molecule has 3 aromatic heterocycles. The number of likely N-dealkylation sites (tertiary alicyclic amines) is 1. The van der Waals surface area contributed by atoms with E-state index in [1.54, 1.807) is 0 Å². The van der Waals surface area contributed by atoms with Crippen LogP contribution in [-0.2, 0) is 11.2 Å². The highest BCUT2D eigenvalue weighted by atomic mass is 16.2. The number of nitrogens with zero attached hydrogens (tertiary/aromatic N) is 3. The van der Waals surface area contributed by atoms with Gasteiger partial charge in [0.15, 0.2) is 5.65 Å². The zero-order chi connectivity index (χ0) is 21.4. The molecule has 0 aliphatic carbocycles. The largest absolute Gasteiger partial charge is 0.354 e. The summed E-state index contributed by atoms with van der Waals surface area (Å²) in [7, 11) is 0. The van der Waals surface area contributed by atoms with Crippen molar-refractivity contribution in [1.29, 1.82) is 0 Å². The number of carbonyl (C=O) groups is 1. The lowest BCUT2D eigenvalue weighted by atomic mass is 9.88. The minimum Gasteiger partial charge on any atom is -0.354 e. The third-order valence-corrected chi connectivity index (χ3v) is 6.69. The smallest absolute Gasteiger partial charge is 0.222 e. The monoisotopic (exact) mass is 415 g/mol. The summed E-state index contributed by atoms with van der Waals surface area (Å²) >= 11 is 0. The zero-order valence-electron chi connectivity index (χ0n) is 18.2. The highest BCUT2D eigenvalue weighted by Gasteiger charge is 2.24. The number of aromatic nitrogens is 4. The van der Waals surface area contributed by atoms with Gasteiger partial charge >= 0.3 is 0 Å². The summed E-state index contributed by atoms with van der Waals surface area (Å²) < 4.78 is 0. The number of aromatic amines is 2. The second-order valence-corrected chi connectivity index (χ2v) is 8.53. The molecule has 0 atom stereocenters. The van der Waals surface area contributed by atoms with Crippen LogP contribution in [0.15, 0.2) is 36.7 Å². The lowest BCUT2D eigenvalue weighted by Gasteiger charge is -2.32. The predicted octanol–water partition coefficient (Wildman–Crippen LogP) is 5.17. The van der Waals surface area contributed by atoms with Crippen molar-refractivity contribution in [2.45, 2.75) is 51.9 Å². The predicted molar refractivity (Wildman–Crippen MR) is 124 cm³/mol. The van der Waals surface area contributed by atoms with Crippen LogP contribution >= 0.6 is 0 Å². The molecule has 1 aliphatic rings. The van der Waals surface area contributed by atoms with Crippen molar-refractivity contribution in [1.82, 2.24) is 25.1 Å². The summed E-state index contributed by atoms with van der Waals surface area (Å²) in [6.45, 7) is 6.02. The van der Waals surface area contributed by atoms with Crippen LogP contribution in [0.1, 0.15) is 56.6 Å². The molecule has 0 radical (unpaired) electrons. The van der Waals surface area contributed by atoms with Crippen LogP contribution in [0, 0.1) is 0 Å². The van der Waals surface area contributed by atoms with Gasteiger partial charge in [-0.25, -0.2) is 4.98 Å². The first kappa shape index (κ1) is 19.8. The lowest BCUT2D eigenvalue weighted by molar-refractivity contribution is -0.132. The first-order chi connectivity index (χ1) is 15.2. The molecule has 0 unspecified atom stereocenters. The van der Waals surface area contributed by atoms with Crippen molar-refractivity contribution in [3.63, 3.8) is 0 Å². The summed E-state index contributed by atoms with van der Waals surface area (Å²) in [5, 5.41) is 9.48. The minimum atomic E-state index is 0.308. The SMILES string of the molecule is CCCC(=O)N1CCC(c2ccc3[nH]c(-c4ccnc5[nH]ncc45)c(CC)c3c2)CC1. The van der Waals surface area contributed by atoms with E-state index in [0.29, 0.717) is 18.2 Å². The summed E-state index contributed by atoms with van der Waals surface area (Å²) in [4.78, 5) is 22.3. The van der Waals surface area contributed by atoms with Gasteiger partial charge in [0.05, 0.1) is 11.9 Å². The van der Waals surface area contributed by atoms with Crippen molar-refractivity contribution in [2.75, 3.05) is 13.1 Å². The van der Waals surface area contributed by atoms with Crippen molar-refractivity contribution >= 4 is 27.8 Å². The highest BCUT2D eigenvalue weighted by Crippen LogP contribution is 2.37. The number of piperidine rings is 1. The van der Waals surface area contributed by atoms with Gasteiger partial charge in [0.2, 0.25) is 5.91 Å². The Kier molecular flexibility index (Phi) is 5.22. The van der Waals surface area contributed by atoms with E-state index in [1.165, 1.54) is 22.0 Å². The van der Waals surface area contributed by atoms with Gasteiger partial charge in [-0.2, -0.15) is 5.10 Å². The molecule has 1 saturated heterocycles. The number of fused-ring (bicyclic) bond motifs is 2. The molecule has 1 amide bonds. The molecule has 4 aromatic rings. The maximum atomic E-state index is 12.2. The van der Waals surface area contributed by atoms with Gasteiger partial charge < -0.3 is 9.88 Å². The number of carbonyl (C=O) groups excluding carboxylic acids is 1. The summed E-state index contributed by atoms with van der Waals surface area (Å²) in [5.74, 6) is 0.822. The van der Waals surface area contributed by atoms with Crippen LogP contribution in [0.2, 0.25) is 0 Å². The van der Waals surface area contributed by atoms with E-state index < -0.39 is 0 Å². The van der Waals surface area contributed by atoms with E-state index >= 15 is 0 Å². The average molecular weight is 416 g/mol. The zero-order valence-corrected chi connectivity index (χ0v) is 18.2. The van der Waals surface area contributed by atoms with Crippen LogP contribution in [0.25, 0.3) is 33.2 Å². The van der Waals surface area contributed by atoms with Gasteiger partial charge in [-0.3, -0.25) is 9.89 Å². The second kappa shape index (κ2) is 8.17. The van der Waals surface area contributed by atoms with E-state index in [2.05, 4.69) is 58.3 Å². The van der Waals surface area contributed by atoms with E-state index in [0.717, 1.165) is 61.1 Å². The molecule has 160 valence electrons. The molecule has 4 heterocycles. The van der Waals surface area contributed by atoms with Crippen molar-refractivity contribution in [3.8, 4) is 11.3 Å². The van der Waals surface area contributed by atoms with Crippen molar-refractivity contribution in [3.05, 3.63) is 47.8 Å². The topological polar surface area (TPSA) is 77.7 Å². The Bertz CT molecular complexity index is 1230. The molecule has 6 nitrogen and oxygen atoms in total. The van der Waals surface area contributed by atoms with Crippen molar-refractivity contribution in [2.24, 2.45) is 0 Å². The maximum absolute atomic E-state index is 12.2. The van der Waals surface area contributed by atoms with Gasteiger partial charge in [0.25, 0.3) is 0 Å². The van der Waals surface area contributed by atoms with E-state index in [1.807, 2.05) is 17.3 Å². The molecule has 0 bridgehead atoms. The molecule has 0 spiro atoms. The molecule has 6 heteroatoms. The molecular weight excluding hydrogens is 386 g/mol. The summed E-state index contributed by atoms with van der Waals surface area (Å²) in [6.07, 6.45) is 8.31. The van der Waals surface area contributed by atoms with Gasteiger partial charge in [-0.05, 0) is 60.9 Å². The average Bonchev–Trinajstić information content (AvgIpc) is 3.43. The van der Waals surface area contributed by atoms with Crippen LogP contribution in [0.3, 0.4) is 0 Å². The fourth-order valence-electron chi connectivity index (χ4n) is 5.02. The fraction of sp³-hybridized carbons (Fsp3) is 0.400. The molecule has 1 aromatic carbocycles. The quantitative estimate of drug-likeness (QED) is 0.472. The first-order valence-electron chi connectivity index (χ1n) is 11.4. The van der Waals surface area contributed by atoms with E-state index in [4.69, 9.17) is 0 Å². The number of hydrogen-bond acceptors (Lipinski definition) is 3. The Hall–Kier alpha value is -3.15. The number of benzene rings is 1. The van der Waals surface area contributed by atoms with Crippen LogP contribution in [0.4, 0.5) is 0 Å². The number of nitrogens with one attached hydrogen (secondary N) is 2. The first-order valence-corrected chi connectivity index (χ1v) is 11.4. The van der Waals surface area contributed by atoms with Gasteiger partial charge in [0, 0.05) is 47.6 Å². The minimum absolute atomic E-state index is 0.308. The number of aryl methyl sites for hydroxylation is 1. The summed E-state index contributed by atoms with van der Waals surface area (Å²) in [5.41, 5.74) is 6.99. The van der Waals surface area contributed by atoms with E-state index in [-0.39, 0.29) is 0 Å². The Morgan fingerprint density at radius 3 is 2.77 bits per heavy atom. The van der Waals surface area contributed by atoms with Gasteiger partial charge in [0.1, 0.15) is 0 Å². The number of amides is 1. The standard InChI is InChI=1S/C25H29N5O/c1-3-5-23(31)30-12-9-16(10-13-30)17-6-7-22-20(14-17)18(4-2)24(28-22)19-8-11-26-25-21(19)15-27-29-25/h6-8,11,14-16,28H,3-5,9-10,12-13H2,1-2H3,(H,26,27,29). The third-order valence-electron chi connectivity index (χ3n) is 6.69. The Morgan fingerprint density at radius 1 is 1.16 bits per heavy atom. The van der Waals surface area contributed by atoms with Gasteiger partial charge in [-0.1, -0.05) is 19.9 Å². The number of hydrogen-bond donors (Lipinski definition) is 2. The molecule has 5 rings (SSSR count). The van der Waals surface area contributed by atoms with E-state index in [9.17, 15) is 4.79 Å². The van der Waals surface area contributed by atoms with Crippen LogP contribution in [0.5, 0.6) is 0 Å². The fourth-order valence-corrected chi connectivity index (χ4v) is 5.02. The highest BCUT2D eigenvalue weighted by molar-refractivity contribution is 5.98. The molecule has 1 aliphatic heterocycles.